The molecule has 0 spiro atoms. The number of hydrogen-bond donors (Lipinski definition) is 1. The first kappa shape index (κ1) is 15.8. The van der Waals surface area contributed by atoms with Crippen molar-refractivity contribution in [2.75, 3.05) is 52.5 Å². The molecule has 1 aromatic carbocycles. The van der Waals surface area contributed by atoms with Gasteiger partial charge in [-0.25, -0.2) is 0 Å². The predicted octanol–water partition coefficient (Wildman–Crippen LogP) is 0.715. The summed E-state index contributed by atoms with van der Waals surface area (Å²) >= 11 is 0. The minimum Gasteiger partial charge on any atom is -0.378 e. The van der Waals surface area contributed by atoms with Crippen LogP contribution in [0.2, 0.25) is 0 Å². The van der Waals surface area contributed by atoms with E-state index in [-0.39, 0.29) is 5.91 Å². The fourth-order valence-corrected chi connectivity index (χ4v) is 2.51. The minimum absolute atomic E-state index is 0.341. The molecule has 1 aliphatic rings. The standard InChI is InChI=1S/C15H22N2O4/c1-16-14(18)15(19-2,20-3)12-4-6-13(7-5-12)17-8-10-21-11-9-17/h4-7H,8-11H2,1-3H3,(H,16,18). The van der Waals surface area contributed by atoms with Gasteiger partial charge in [0.05, 0.1) is 13.2 Å². The Morgan fingerprint density at radius 3 is 2.24 bits per heavy atom. The van der Waals surface area contributed by atoms with E-state index in [1.54, 1.807) is 7.05 Å². The van der Waals surface area contributed by atoms with Crippen LogP contribution in [0, 0.1) is 0 Å². The maximum atomic E-state index is 12.1. The molecule has 0 aliphatic carbocycles. The van der Waals surface area contributed by atoms with Crippen LogP contribution >= 0.6 is 0 Å². The smallest absolute Gasteiger partial charge is 0.285 e. The first-order valence-electron chi connectivity index (χ1n) is 6.93. The Balaban J connectivity index is 2.25. The molecule has 6 heteroatoms. The van der Waals surface area contributed by atoms with E-state index in [4.69, 9.17) is 14.2 Å². The van der Waals surface area contributed by atoms with E-state index in [0.29, 0.717) is 5.56 Å². The summed E-state index contributed by atoms with van der Waals surface area (Å²) in [5, 5.41) is 2.57. The lowest BCUT2D eigenvalue weighted by Gasteiger charge is -2.31. The van der Waals surface area contributed by atoms with Gasteiger partial charge < -0.3 is 24.4 Å². The lowest BCUT2D eigenvalue weighted by atomic mass is 10.0. The number of carbonyl (C=O) groups is 1. The maximum Gasteiger partial charge on any atom is 0.285 e. The summed E-state index contributed by atoms with van der Waals surface area (Å²) in [5.41, 5.74) is 1.75. The van der Waals surface area contributed by atoms with Gasteiger partial charge in [-0.2, -0.15) is 0 Å². The number of likely N-dealkylation sites (N-methyl/N-ethyl adjacent to an activating group) is 1. The van der Waals surface area contributed by atoms with Gasteiger partial charge in [0, 0.05) is 45.6 Å². The molecule has 6 nitrogen and oxygen atoms in total. The van der Waals surface area contributed by atoms with Gasteiger partial charge in [-0.3, -0.25) is 4.79 Å². The molecule has 1 amide bonds. The van der Waals surface area contributed by atoms with E-state index >= 15 is 0 Å². The van der Waals surface area contributed by atoms with Crippen molar-refractivity contribution >= 4 is 11.6 Å². The van der Waals surface area contributed by atoms with Gasteiger partial charge in [-0.05, 0) is 12.1 Å². The van der Waals surface area contributed by atoms with Gasteiger partial charge in [0.25, 0.3) is 11.7 Å². The number of anilines is 1. The molecule has 116 valence electrons. The van der Waals surface area contributed by atoms with Crippen molar-refractivity contribution in [2.45, 2.75) is 5.79 Å². The second-order valence-corrected chi connectivity index (χ2v) is 4.75. The average molecular weight is 294 g/mol. The van der Waals surface area contributed by atoms with Gasteiger partial charge in [0.15, 0.2) is 0 Å². The number of nitrogens with zero attached hydrogens (tertiary/aromatic N) is 1. The molecule has 1 aliphatic heterocycles. The molecular formula is C15H22N2O4. The third-order valence-corrected chi connectivity index (χ3v) is 3.72. The molecule has 0 aromatic heterocycles. The molecule has 2 rings (SSSR count). The molecule has 1 N–H and O–H groups in total. The van der Waals surface area contributed by atoms with Crippen molar-refractivity contribution < 1.29 is 19.0 Å². The number of morpholine rings is 1. The Morgan fingerprint density at radius 2 is 1.76 bits per heavy atom. The maximum absolute atomic E-state index is 12.1. The van der Waals surface area contributed by atoms with Crippen LogP contribution in [0.4, 0.5) is 5.69 Å². The number of nitrogens with one attached hydrogen (secondary N) is 1. The minimum atomic E-state index is -1.42. The number of methoxy groups -OCH3 is 2. The molecule has 0 radical (unpaired) electrons. The number of carbonyl (C=O) groups excluding carboxylic acids is 1. The highest BCUT2D eigenvalue weighted by Gasteiger charge is 2.40. The third kappa shape index (κ3) is 3.02. The molecule has 1 heterocycles. The molecule has 1 aromatic rings. The lowest BCUT2D eigenvalue weighted by molar-refractivity contribution is -0.215. The zero-order valence-corrected chi connectivity index (χ0v) is 12.7. The Kier molecular flexibility index (Phi) is 5.17. The second kappa shape index (κ2) is 6.89. The van der Waals surface area contributed by atoms with Crippen LogP contribution in [-0.2, 0) is 24.8 Å². The van der Waals surface area contributed by atoms with Crippen LogP contribution in [0.15, 0.2) is 24.3 Å². The lowest BCUT2D eigenvalue weighted by Crippen LogP contribution is -2.46. The Labute approximate surface area is 125 Å². The van der Waals surface area contributed by atoms with Crippen LogP contribution < -0.4 is 10.2 Å². The summed E-state index contributed by atoms with van der Waals surface area (Å²) in [6.07, 6.45) is 0. The van der Waals surface area contributed by atoms with Gasteiger partial charge in [-0.1, -0.05) is 12.1 Å². The van der Waals surface area contributed by atoms with E-state index in [1.807, 2.05) is 24.3 Å². The fourth-order valence-electron chi connectivity index (χ4n) is 2.51. The number of amides is 1. The van der Waals surface area contributed by atoms with Crippen LogP contribution in [0.25, 0.3) is 0 Å². The van der Waals surface area contributed by atoms with Crippen molar-refractivity contribution in [3.05, 3.63) is 29.8 Å². The topological polar surface area (TPSA) is 60.0 Å². The fraction of sp³-hybridized carbons (Fsp3) is 0.533. The van der Waals surface area contributed by atoms with Crippen LogP contribution in [-0.4, -0.2) is 53.5 Å². The quantitative estimate of drug-likeness (QED) is 0.811. The average Bonchev–Trinajstić information content (AvgIpc) is 2.57. The normalized spacial score (nSPS) is 15.9. The van der Waals surface area contributed by atoms with E-state index in [2.05, 4.69) is 10.2 Å². The molecule has 0 unspecified atom stereocenters. The first-order chi connectivity index (χ1) is 10.2. The Morgan fingerprint density at radius 1 is 1.19 bits per heavy atom. The molecule has 21 heavy (non-hydrogen) atoms. The SMILES string of the molecule is CNC(=O)C(OC)(OC)c1ccc(N2CCOCC2)cc1. The molecule has 1 fully saturated rings. The van der Waals surface area contributed by atoms with Gasteiger partial charge in [-0.15, -0.1) is 0 Å². The highest BCUT2D eigenvalue weighted by atomic mass is 16.7. The Hall–Kier alpha value is -1.63. The van der Waals surface area contributed by atoms with Crippen molar-refractivity contribution in [2.24, 2.45) is 0 Å². The summed E-state index contributed by atoms with van der Waals surface area (Å²) in [7, 11) is 4.46. The molecule has 1 saturated heterocycles. The molecule has 0 atom stereocenters. The van der Waals surface area contributed by atoms with Crippen molar-refractivity contribution in [3.63, 3.8) is 0 Å². The Bertz CT molecular complexity index is 465. The van der Waals surface area contributed by atoms with E-state index < -0.39 is 5.79 Å². The van der Waals surface area contributed by atoms with Crippen molar-refractivity contribution in [3.8, 4) is 0 Å². The monoisotopic (exact) mass is 294 g/mol. The number of rotatable bonds is 5. The third-order valence-electron chi connectivity index (χ3n) is 3.72. The summed E-state index contributed by atoms with van der Waals surface area (Å²) in [4.78, 5) is 14.3. The van der Waals surface area contributed by atoms with Gasteiger partial charge >= 0.3 is 0 Å². The highest BCUT2D eigenvalue weighted by Crippen LogP contribution is 2.28. The van der Waals surface area contributed by atoms with Crippen molar-refractivity contribution in [1.82, 2.24) is 5.32 Å². The number of hydrogen-bond acceptors (Lipinski definition) is 5. The molecule has 0 bridgehead atoms. The molecule has 0 saturated carbocycles. The van der Waals surface area contributed by atoms with Gasteiger partial charge in [0.1, 0.15) is 0 Å². The largest absolute Gasteiger partial charge is 0.378 e. The van der Waals surface area contributed by atoms with Gasteiger partial charge in [0.2, 0.25) is 0 Å². The van der Waals surface area contributed by atoms with E-state index in [9.17, 15) is 4.79 Å². The van der Waals surface area contributed by atoms with E-state index in [1.165, 1.54) is 14.2 Å². The van der Waals surface area contributed by atoms with Crippen molar-refractivity contribution in [1.29, 1.82) is 0 Å². The summed E-state index contributed by atoms with van der Waals surface area (Å²) < 4.78 is 16.0. The summed E-state index contributed by atoms with van der Waals surface area (Å²) in [5.74, 6) is -1.76. The summed E-state index contributed by atoms with van der Waals surface area (Å²) in [6, 6.07) is 7.65. The first-order valence-corrected chi connectivity index (χ1v) is 6.93. The predicted molar refractivity (Wildman–Crippen MR) is 79.2 cm³/mol. The number of benzene rings is 1. The second-order valence-electron chi connectivity index (χ2n) is 4.75. The van der Waals surface area contributed by atoms with Crippen LogP contribution in [0.5, 0.6) is 0 Å². The number of ether oxygens (including phenoxy) is 3. The zero-order chi connectivity index (χ0) is 15.3. The highest BCUT2D eigenvalue weighted by molar-refractivity contribution is 5.85. The zero-order valence-electron chi connectivity index (χ0n) is 12.7. The molecular weight excluding hydrogens is 272 g/mol. The van der Waals surface area contributed by atoms with Crippen LogP contribution in [0.1, 0.15) is 5.56 Å². The van der Waals surface area contributed by atoms with Crippen LogP contribution in [0.3, 0.4) is 0 Å². The summed E-state index contributed by atoms with van der Waals surface area (Å²) in [6.45, 7) is 3.21. The van der Waals surface area contributed by atoms with E-state index in [0.717, 1.165) is 32.0 Å².